The summed E-state index contributed by atoms with van der Waals surface area (Å²) in [4.78, 5) is 0. The fraction of sp³-hybridized carbons (Fsp3) is 0. The summed E-state index contributed by atoms with van der Waals surface area (Å²) >= 11 is 1.23. The molecule has 0 saturated heterocycles. The van der Waals surface area contributed by atoms with Crippen LogP contribution in [0.2, 0.25) is 0 Å². The summed E-state index contributed by atoms with van der Waals surface area (Å²) in [7, 11) is 0. The zero-order chi connectivity index (χ0) is 6.69. The SMILES string of the molecule is [CH2]Sc1nnnn1C=C. The molecule has 47 valence electrons. The van der Waals surface area contributed by atoms with Crippen LogP contribution in [0.15, 0.2) is 11.7 Å². The molecule has 0 aliphatic heterocycles. The highest BCUT2D eigenvalue weighted by Gasteiger charge is 1.97. The summed E-state index contributed by atoms with van der Waals surface area (Å²) in [5.41, 5.74) is 0. The molecule has 0 fully saturated rings. The first kappa shape index (κ1) is 6.28. The van der Waals surface area contributed by atoms with E-state index in [0.717, 1.165) is 0 Å². The Labute approximate surface area is 56.9 Å². The maximum Gasteiger partial charge on any atom is 0.213 e. The van der Waals surface area contributed by atoms with Crippen molar-refractivity contribution in [2.24, 2.45) is 0 Å². The Morgan fingerprint density at radius 2 is 2.44 bits per heavy atom. The average Bonchev–Trinajstić information content (AvgIpc) is 2.33. The third-order valence-electron chi connectivity index (χ3n) is 0.765. The molecule has 1 radical (unpaired) electrons. The lowest BCUT2D eigenvalue weighted by Crippen LogP contribution is -1.88. The van der Waals surface area contributed by atoms with Crippen molar-refractivity contribution in [3.8, 4) is 0 Å². The predicted molar refractivity (Wildman–Crippen MR) is 35.4 cm³/mol. The van der Waals surface area contributed by atoms with Crippen molar-refractivity contribution < 1.29 is 0 Å². The Morgan fingerprint density at radius 3 is 2.89 bits per heavy atom. The molecule has 0 saturated carbocycles. The number of tetrazole rings is 1. The van der Waals surface area contributed by atoms with Crippen LogP contribution in [0, 0.1) is 6.26 Å². The van der Waals surface area contributed by atoms with Gasteiger partial charge in [-0.3, -0.25) is 0 Å². The number of aromatic nitrogens is 4. The molecule has 1 aromatic rings. The van der Waals surface area contributed by atoms with Crippen molar-refractivity contribution in [2.45, 2.75) is 5.16 Å². The first-order chi connectivity index (χ1) is 4.38. The highest BCUT2D eigenvalue weighted by molar-refractivity contribution is 8.00. The van der Waals surface area contributed by atoms with E-state index in [9.17, 15) is 0 Å². The molecule has 0 amide bonds. The summed E-state index contributed by atoms with van der Waals surface area (Å²) in [6.45, 7) is 3.49. The Kier molecular flexibility index (Phi) is 1.84. The third-order valence-corrected chi connectivity index (χ3v) is 1.29. The van der Waals surface area contributed by atoms with E-state index in [-0.39, 0.29) is 0 Å². The van der Waals surface area contributed by atoms with Gasteiger partial charge < -0.3 is 0 Å². The molecule has 0 aromatic carbocycles. The highest BCUT2D eigenvalue weighted by Crippen LogP contribution is 2.09. The smallest absolute Gasteiger partial charge is 0.196 e. The van der Waals surface area contributed by atoms with Gasteiger partial charge in [-0.1, -0.05) is 18.3 Å². The van der Waals surface area contributed by atoms with E-state index in [0.29, 0.717) is 5.16 Å². The van der Waals surface area contributed by atoms with Gasteiger partial charge in [0.15, 0.2) is 0 Å². The topological polar surface area (TPSA) is 43.6 Å². The number of hydrogen-bond acceptors (Lipinski definition) is 4. The molecule has 0 aliphatic carbocycles. The third kappa shape index (κ3) is 1.10. The Morgan fingerprint density at radius 1 is 1.67 bits per heavy atom. The monoisotopic (exact) mass is 141 g/mol. The molecule has 0 unspecified atom stereocenters. The van der Waals surface area contributed by atoms with Gasteiger partial charge in [-0.05, 0) is 10.4 Å². The quantitative estimate of drug-likeness (QED) is 0.567. The first-order valence-electron chi connectivity index (χ1n) is 2.21. The van der Waals surface area contributed by atoms with Gasteiger partial charge in [-0.15, -0.1) is 5.10 Å². The van der Waals surface area contributed by atoms with Crippen LogP contribution in [0.1, 0.15) is 0 Å². The lowest BCUT2D eigenvalue weighted by Gasteiger charge is -1.88. The highest BCUT2D eigenvalue weighted by atomic mass is 32.2. The van der Waals surface area contributed by atoms with E-state index in [1.54, 1.807) is 0 Å². The zero-order valence-corrected chi connectivity index (χ0v) is 5.51. The van der Waals surface area contributed by atoms with E-state index < -0.39 is 0 Å². The van der Waals surface area contributed by atoms with Crippen LogP contribution in [0.4, 0.5) is 0 Å². The van der Waals surface area contributed by atoms with Crippen molar-refractivity contribution in [2.75, 3.05) is 0 Å². The van der Waals surface area contributed by atoms with E-state index in [4.69, 9.17) is 0 Å². The molecule has 0 N–H and O–H groups in total. The van der Waals surface area contributed by atoms with E-state index in [2.05, 4.69) is 28.4 Å². The van der Waals surface area contributed by atoms with E-state index in [1.807, 2.05) is 0 Å². The summed E-state index contributed by atoms with van der Waals surface area (Å²) in [6.07, 6.45) is 5.06. The summed E-state index contributed by atoms with van der Waals surface area (Å²) in [6, 6.07) is 0. The minimum atomic E-state index is 0.644. The fourth-order valence-corrected chi connectivity index (χ4v) is 0.733. The van der Waals surface area contributed by atoms with Gasteiger partial charge in [0.2, 0.25) is 5.16 Å². The molecule has 0 spiro atoms. The number of thioether (sulfide) groups is 1. The number of hydrogen-bond donors (Lipinski definition) is 0. The molecular weight excluding hydrogens is 136 g/mol. The molecular formula is C4H5N4S. The van der Waals surface area contributed by atoms with Gasteiger partial charge in [0.1, 0.15) is 0 Å². The molecule has 1 rings (SSSR count). The molecule has 1 aromatic heterocycles. The summed E-state index contributed by atoms with van der Waals surface area (Å²) < 4.78 is 1.46. The predicted octanol–water partition coefficient (Wildman–Crippen LogP) is 0.657. The molecule has 9 heavy (non-hydrogen) atoms. The minimum Gasteiger partial charge on any atom is -0.196 e. The van der Waals surface area contributed by atoms with Gasteiger partial charge in [-0.25, -0.2) is 0 Å². The van der Waals surface area contributed by atoms with E-state index >= 15 is 0 Å². The Hall–Kier alpha value is -0.840. The zero-order valence-electron chi connectivity index (χ0n) is 4.69. The van der Waals surface area contributed by atoms with Crippen molar-refractivity contribution in [3.63, 3.8) is 0 Å². The molecule has 0 atom stereocenters. The van der Waals surface area contributed by atoms with Crippen molar-refractivity contribution in [1.82, 2.24) is 20.2 Å². The average molecular weight is 141 g/mol. The second-order valence-electron chi connectivity index (χ2n) is 1.23. The molecule has 0 bridgehead atoms. The number of nitrogens with zero attached hydrogens (tertiary/aromatic N) is 4. The van der Waals surface area contributed by atoms with Crippen LogP contribution >= 0.6 is 11.8 Å². The Balaban J connectivity index is 2.98. The van der Waals surface area contributed by atoms with Crippen LogP contribution in [-0.2, 0) is 0 Å². The molecule has 4 nitrogen and oxygen atoms in total. The van der Waals surface area contributed by atoms with Crippen LogP contribution in [-0.4, -0.2) is 20.2 Å². The van der Waals surface area contributed by atoms with Gasteiger partial charge in [0.05, 0.1) is 0 Å². The van der Waals surface area contributed by atoms with E-state index in [1.165, 1.54) is 22.6 Å². The lowest BCUT2D eigenvalue weighted by atomic mass is 11.0. The van der Waals surface area contributed by atoms with Crippen LogP contribution in [0.3, 0.4) is 0 Å². The first-order valence-corrected chi connectivity index (χ1v) is 3.19. The van der Waals surface area contributed by atoms with Crippen molar-refractivity contribution >= 4 is 18.0 Å². The van der Waals surface area contributed by atoms with Gasteiger partial charge in [0, 0.05) is 12.5 Å². The fourth-order valence-electron chi connectivity index (χ4n) is 0.395. The van der Waals surface area contributed by atoms with Gasteiger partial charge >= 0.3 is 0 Å². The standard InChI is InChI=1S/C4H5N4S/c1-3-8-4(9-2)5-6-7-8/h3H,1-2H2. The molecule has 1 heterocycles. The Bertz CT molecular complexity index is 206. The molecule has 5 heteroatoms. The molecule has 0 aliphatic rings. The van der Waals surface area contributed by atoms with Crippen LogP contribution in [0.5, 0.6) is 0 Å². The van der Waals surface area contributed by atoms with Crippen molar-refractivity contribution in [1.29, 1.82) is 0 Å². The van der Waals surface area contributed by atoms with Gasteiger partial charge in [0.25, 0.3) is 0 Å². The number of rotatable bonds is 2. The minimum absolute atomic E-state index is 0.644. The summed E-state index contributed by atoms with van der Waals surface area (Å²) in [5, 5.41) is 11.3. The maximum absolute atomic E-state index is 3.64. The lowest BCUT2D eigenvalue weighted by molar-refractivity contribution is 0.797. The van der Waals surface area contributed by atoms with Crippen molar-refractivity contribution in [3.05, 3.63) is 12.8 Å². The maximum atomic E-state index is 3.64. The normalized spacial score (nSPS) is 9.44. The second-order valence-corrected chi connectivity index (χ2v) is 1.89. The van der Waals surface area contributed by atoms with Crippen LogP contribution in [0.25, 0.3) is 6.20 Å². The largest absolute Gasteiger partial charge is 0.213 e. The summed E-state index contributed by atoms with van der Waals surface area (Å²) in [5.74, 6) is 0. The van der Waals surface area contributed by atoms with Gasteiger partial charge in [-0.2, -0.15) is 4.68 Å². The second kappa shape index (κ2) is 2.63. The van der Waals surface area contributed by atoms with Crippen LogP contribution < -0.4 is 0 Å².